The Hall–Kier alpha value is -1.86. The van der Waals surface area contributed by atoms with Crippen LogP contribution in [0.25, 0.3) is 0 Å². The zero-order valence-corrected chi connectivity index (χ0v) is 11.7. The second kappa shape index (κ2) is 5.19. The molecule has 0 saturated carbocycles. The predicted molar refractivity (Wildman–Crippen MR) is 75.9 cm³/mol. The molecule has 2 aromatic rings. The fourth-order valence-corrected chi connectivity index (χ4v) is 2.13. The fourth-order valence-electron chi connectivity index (χ4n) is 1.65. The number of nitriles is 1. The second-order valence-corrected chi connectivity index (χ2v) is 4.87. The van der Waals surface area contributed by atoms with Gasteiger partial charge >= 0.3 is 0 Å². The molecule has 0 aliphatic heterocycles. The Morgan fingerprint density at radius 1 is 1.17 bits per heavy atom. The molecule has 3 nitrogen and oxygen atoms in total. The van der Waals surface area contributed by atoms with Crippen molar-refractivity contribution in [1.82, 2.24) is 4.98 Å². The first kappa shape index (κ1) is 12.6. The van der Waals surface area contributed by atoms with E-state index in [-0.39, 0.29) is 0 Å². The third kappa shape index (κ3) is 2.69. The van der Waals surface area contributed by atoms with Crippen molar-refractivity contribution in [2.24, 2.45) is 0 Å². The van der Waals surface area contributed by atoms with Crippen LogP contribution in [0.5, 0.6) is 0 Å². The van der Waals surface area contributed by atoms with Crippen LogP contribution in [0.2, 0.25) is 0 Å². The topological polar surface area (TPSA) is 48.7 Å². The van der Waals surface area contributed by atoms with Crippen LogP contribution >= 0.6 is 15.9 Å². The Morgan fingerprint density at radius 3 is 2.50 bits per heavy atom. The zero-order valence-electron chi connectivity index (χ0n) is 10.2. The molecule has 0 fully saturated rings. The van der Waals surface area contributed by atoms with Crippen LogP contribution in [-0.4, -0.2) is 4.98 Å². The van der Waals surface area contributed by atoms with Crippen LogP contribution in [0, 0.1) is 25.2 Å². The second-order valence-electron chi connectivity index (χ2n) is 4.02. The normalized spacial score (nSPS) is 9.89. The Balaban J connectivity index is 2.32. The van der Waals surface area contributed by atoms with Gasteiger partial charge in [-0.1, -0.05) is 0 Å². The van der Waals surface area contributed by atoms with Crippen molar-refractivity contribution in [3.05, 3.63) is 51.8 Å². The van der Waals surface area contributed by atoms with Crippen molar-refractivity contribution in [3.63, 3.8) is 0 Å². The number of pyridine rings is 1. The number of hydrogen-bond donors (Lipinski definition) is 1. The lowest BCUT2D eigenvalue weighted by Gasteiger charge is -2.11. The molecule has 18 heavy (non-hydrogen) atoms. The third-order valence-electron chi connectivity index (χ3n) is 2.59. The SMILES string of the molecule is Cc1ccc(Nc2ccc(C#N)cc2Br)c(C)n1. The van der Waals surface area contributed by atoms with Gasteiger partial charge in [0.2, 0.25) is 0 Å². The average molecular weight is 302 g/mol. The molecule has 0 atom stereocenters. The highest BCUT2D eigenvalue weighted by molar-refractivity contribution is 9.10. The molecule has 0 amide bonds. The number of rotatable bonds is 2. The summed E-state index contributed by atoms with van der Waals surface area (Å²) >= 11 is 3.45. The van der Waals surface area contributed by atoms with E-state index in [2.05, 4.69) is 32.3 Å². The summed E-state index contributed by atoms with van der Waals surface area (Å²) in [5.41, 5.74) is 4.46. The molecule has 0 radical (unpaired) electrons. The van der Waals surface area contributed by atoms with E-state index < -0.39 is 0 Å². The van der Waals surface area contributed by atoms with Crippen LogP contribution in [0.1, 0.15) is 17.0 Å². The molecule has 0 aliphatic rings. The van der Waals surface area contributed by atoms with E-state index in [9.17, 15) is 0 Å². The van der Waals surface area contributed by atoms with Crippen molar-refractivity contribution < 1.29 is 0 Å². The van der Waals surface area contributed by atoms with Crippen molar-refractivity contribution in [3.8, 4) is 6.07 Å². The van der Waals surface area contributed by atoms with Crippen LogP contribution in [0.15, 0.2) is 34.8 Å². The number of halogens is 1. The molecule has 0 spiro atoms. The molecule has 2 rings (SSSR count). The quantitative estimate of drug-likeness (QED) is 0.909. The van der Waals surface area contributed by atoms with Gasteiger partial charge in [0, 0.05) is 10.2 Å². The Morgan fingerprint density at radius 2 is 1.89 bits per heavy atom. The van der Waals surface area contributed by atoms with Crippen molar-refractivity contribution in [2.45, 2.75) is 13.8 Å². The summed E-state index contributed by atoms with van der Waals surface area (Å²) in [6.45, 7) is 3.93. The maximum absolute atomic E-state index is 8.82. The van der Waals surface area contributed by atoms with E-state index in [0.717, 1.165) is 27.2 Å². The first-order valence-electron chi connectivity index (χ1n) is 5.51. The Kier molecular flexibility index (Phi) is 3.63. The molecule has 0 saturated heterocycles. The van der Waals surface area contributed by atoms with Gasteiger partial charge in [-0.25, -0.2) is 0 Å². The molecular formula is C14H12BrN3. The van der Waals surface area contributed by atoms with Gasteiger partial charge in [-0.05, 0) is 60.1 Å². The van der Waals surface area contributed by atoms with Crippen LogP contribution in [0.3, 0.4) is 0 Å². The molecule has 0 unspecified atom stereocenters. The number of hydrogen-bond acceptors (Lipinski definition) is 3. The molecule has 0 aliphatic carbocycles. The van der Waals surface area contributed by atoms with E-state index in [4.69, 9.17) is 5.26 Å². The molecular weight excluding hydrogens is 290 g/mol. The summed E-state index contributed by atoms with van der Waals surface area (Å²) < 4.78 is 0.863. The number of aromatic nitrogens is 1. The molecule has 4 heteroatoms. The summed E-state index contributed by atoms with van der Waals surface area (Å²) in [7, 11) is 0. The standard InChI is InChI=1S/C14H12BrN3/c1-9-3-5-13(10(2)17-9)18-14-6-4-11(8-16)7-12(14)15/h3-7,18H,1-2H3. The minimum absolute atomic E-state index is 0.631. The molecule has 1 heterocycles. The van der Waals surface area contributed by atoms with Gasteiger partial charge in [0.25, 0.3) is 0 Å². The van der Waals surface area contributed by atoms with E-state index >= 15 is 0 Å². The van der Waals surface area contributed by atoms with Gasteiger partial charge in [-0.15, -0.1) is 0 Å². The summed E-state index contributed by atoms with van der Waals surface area (Å²) in [5.74, 6) is 0. The number of nitrogens with one attached hydrogen (secondary N) is 1. The van der Waals surface area contributed by atoms with Gasteiger partial charge in [0.1, 0.15) is 0 Å². The first-order valence-corrected chi connectivity index (χ1v) is 6.30. The first-order chi connectivity index (χ1) is 8.60. The number of aryl methyl sites for hydroxylation is 2. The average Bonchev–Trinajstić information content (AvgIpc) is 2.34. The molecule has 1 aromatic carbocycles. The van der Waals surface area contributed by atoms with E-state index in [1.54, 1.807) is 12.1 Å². The number of anilines is 2. The van der Waals surface area contributed by atoms with Gasteiger partial charge in [0.05, 0.1) is 28.7 Å². The monoisotopic (exact) mass is 301 g/mol. The van der Waals surface area contributed by atoms with Crippen molar-refractivity contribution in [1.29, 1.82) is 5.26 Å². The van der Waals surface area contributed by atoms with E-state index in [1.807, 2.05) is 32.0 Å². The molecule has 0 bridgehead atoms. The van der Waals surface area contributed by atoms with Gasteiger partial charge < -0.3 is 5.32 Å². The van der Waals surface area contributed by atoms with Crippen molar-refractivity contribution >= 4 is 27.3 Å². The predicted octanol–water partition coefficient (Wildman–Crippen LogP) is 4.08. The summed E-state index contributed by atoms with van der Waals surface area (Å²) in [6.07, 6.45) is 0. The highest BCUT2D eigenvalue weighted by Gasteiger charge is 2.04. The highest BCUT2D eigenvalue weighted by Crippen LogP contribution is 2.27. The lowest BCUT2D eigenvalue weighted by molar-refractivity contribution is 1.12. The maximum Gasteiger partial charge on any atom is 0.0992 e. The number of nitrogens with zero attached hydrogens (tertiary/aromatic N) is 2. The Bertz CT molecular complexity index is 629. The van der Waals surface area contributed by atoms with Crippen LogP contribution < -0.4 is 5.32 Å². The van der Waals surface area contributed by atoms with Crippen LogP contribution in [-0.2, 0) is 0 Å². The van der Waals surface area contributed by atoms with Crippen molar-refractivity contribution in [2.75, 3.05) is 5.32 Å². The zero-order chi connectivity index (χ0) is 13.1. The van der Waals surface area contributed by atoms with Gasteiger partial charge in [-0.3, -0.25) is 4.98 Å². The molecule has 90 valence electrons. The fraction of sp³-hybridized carbons (Fsp3) is 0.143. The Labute approximate surface area is 115 Å². The van der Waals surface area contributed by atoms with Crippen LogP contribution in [0.4, 0.5) is 11.4 Å². The summed E-state index contributed by atoms with van der Waals surface area (Å²) in [6, 6.07) is 11.5. The summed E-state index contributed by atoms with van der Waals surface area (Å²) in [4.78, 5) is 4.40. The smallest absolute Gasteiger partial charge is 0.0992 e. The lowest BCUT2D eigenvalue weighted by Crippen LogP contribution is -1.97. The lowest BCUT2D eigenvalue weighted by atomic mass is 10.2. The van der Waals surface area contributed by atoms with E-state index in [0.29, 0.717) is 5.56 Å². The third-order valence-corrected chi connectivity index (χ3v) is 3.25. The maximum atomic E-state index is 8.82. The molecule has 1 N–H and O–H groups in total. The van der Waals surface area contributed by atoms with Gasteiger partial charge in [0.15, 0.2) is 0 Å². The van der Waals surface area contributed by atoms with E-state index in [1.165, 1.54) is 0 Å². The minimum atomic E-state index is 0.631. The highest BCUT2D eigenvalue weighted by atomic mass is 79.9. The van der Waals surface area contributed by atoms with Gasteiger partial charge in [-0.2, -0.15) is 5.26 Å². The summed E-state index contributed by atoms with van der Waals surface area (Å²) in [5, 5.41) is 12.1. The largest absolute Gasteiger partial charge is 0.353 e. The minimum Gasteiger partial charge on any atom is -0.353 e. The molecule has 1 aromatic heterocycles. The number of benzene rings is 1.